The normalized spacial score (nSPS) is 16.1. The number of benzene rings is 2. The summed E-state index contributed by atoms with van der Waals surface area (Å²) < 4.78 is 5.52. The Hall–Kier alpha value is -2.82. The molecule has 27 heavy (non-hydrogen) atoms. The van der Waals surface area contributed by atoms with Crippen molar-refractivity contribution in [3.8, 4) is 5.75 Å². The van der Waals surface area contributed by atoms with Gasteiger partial charge < -0.3 is 15.4 Å². The van der Waals surface area contributed by atoms with Crippen LogP contribution in [-0.4, -0.2) is 17.9 Å². The zero-order valence-corrected chi connectivity index (χ0v) is 16.3. The maximum absolute atomic E-state index is 12.3. The van der Waals surface area contributed by atoms with Crippen molar-refractivity contribution >= 4 is 23.2 Å². The van der Waals surface area contributed by atoms with Gasteiger partial charge in [0.2, 0.25) is 5.91 Å². The second kappa shape index (κ2) is 7.43. The van der Waals surface area contributed by atoms with Crippen LogP contribution < -0.4 is 15.4 Å². The molecule has 1 aliphatic heterocycles. The molecule has 0 spiro atoms. The van der Waals surface area contributed by atoms with Gasteiger partial charge in [-0.25, -0.2) is 0 Å². The van der Waals surface area contributed by atoms with Crippen molar-refractivity contribution in [3.63, 3.8) is 0 Å². The lowest BCUT2D eigenvalue weighted by Gasteiger charge is -2.23. The predicted molar refractivity (Wildman–Crippen MR) is 107 cm³/mol. The maximum atomic E-state index is 12.3. The second-order valence-corrected chi connectivity index (χ2v) is 7.96. The molecule has 0 saturated heterocycles. The molecule has 1 aliphatic rings. The minimum atomic E-state index is -0.511. The first-order valence-electron chi connectivity index (χ1n) is 9.23. The molecule has 2 N–H and O–H groups in total. The van der Waals surface area contributed by atoms with E-state index in [1.165, 1.54) is 5.56 Å². The molecule has 142 valence electrons. The summed E-state index contributed by atoms with van der Waals surface area (Å²) in [5.41, 5.74) is 3.76. The summed E-state index contributed by atoms with van der Waals surface area (Å²) in [6, 6.07) is 13.7. The molecule has 2 aromatic rings. The summed E-state index contributed by atoms with van der Waals surface area (Å²) in [7, 11) is 0. The van der Waals surface area contributed by atoms with Gasteiger partial charge in [-0.3, -0.25) is 9.59 Å². The van der Waals surface area contributed by atoms with E-state index < -0.39 is 6.10 Å². The van der Waals surface area contributed by atoms with E-state index in [-0.39, 0.29) is 17.2 Å². The third-order valence-corrected chi connectivity index (χ3v) is 4.65. The average molecular weight is 366 g/mol. The van der Waals surface area contributed by atoms with E-state index >= 15 is 0 Å². The first kappa shape index (κ1) is 19.0. The van der Waals surface area contributed by atoms with E-state index in [2.05, 4.69) is 55.7 Å². The van der Waals surface area contributed by atoms with Gasteiger partial charge in [-0.15, -0.1) is 0 Å². The topological polar surface area (TPSA) is 67.4 Å². The van der Waals surface area contributed by atoms with Crippen LogP contribution in [0.5, 0.6) is 5.75 Å². The molecule has 0 saturated carbocycles. The molecule has 0 radical (unpaired) electrons. The molecule has 3 rings (SSSR count). The number of fused-ring (bicyclic) bond motifs is 1. The van der Waals surface area contributed by atoms with Crippen LogP contribution >= 0.6 is 0 Å². The zero-order chi connectivity index (χ0) is 19.6. The number of nitrogens with one attached hydrogen (secondary N) is 2. The summed E-state index contributed by atoms with van der Waals surface area (Å²) in [6.45, 7) is 8.24. The monoisotopic (exact) mass is 366 g/mol. The highest BCUT2D eigenvalue weighted by molar-refractivity contribution is 5.99. The lowest BCUT2D eigenvalue weighted by molar-refractivity contribution is -0.122. The van der Waals surface area contributed by atoms with Crippen molar-refractivity contribution in [2.24, 2.45) is 0 Å². The van der Waals surface area contributed by atoms with Crippen LogP contribution in [0.1, 0.15) is 45.2 Å². The average Bonchev–Trinajstić information content (AvgIpc) is 2.61. The highest BCUT2D eigenvalue weighted by Gasteiger charge is 2.23. The number of aryl methyl sites for hydroxylation is 1. The highest BCUT2D eigenvalue weighted by Crippen LogP contribution is 2.32. The van der Waals surface area contributed by atoms with E-state index in [1.807, 2.05) is 0 Å². The van der Waals surface area contributed by atoms with Crippen molar-refractivity contribution in [3.05, 3.63) is 53.6 Å². The van der Waals surface area contributed by atoms with Crippen molar-refractivity contribution in [2.75, 3.05) is 10.6 Å². The van der Waals surface area contributed by atoms with E-state index in [4.69, 9.17) is 4.74 Å². The van der Waals surface area contributed by atoms with Gasteiger partial charge in [0, 0.05) is 12.1 Å². The molecule has 1 heterocycles. The SMILES string of the molecule is C[C@H]1Oc2ccc(NC(=O)CCc3ccc(C(C)(C)C)cc3)cc2NC1=O. The van der Waals surface area contributed by atoms with Gasteiger partial charge >= 0.3 is 0 Å². The van der Waals surface area contributed by atoms with Gasteiger partial charge in [-0.1, -0.05) is 45.0 Å². The Labute approximate surface area is 160 Å². The lowest BCUT2D eigenvalue weighted by Crippen LogP contribution is -2.34. The fourth-order valence-corrected chi connectivity index (χ4v) is 2.94. The smallest absolute Gasteiger partial charge is 0.265 e. The predicted octanol–water partition coefficient (Wildman–Crippen LogP) is 4.27. The molecule has 1 atom stereocenters. The Morgan fingerprint density at radius 1 is 1.15 bits per heavy atom. The van der Waals surface area contributed by atoms with E-state index in [0.29, 0.717) is 30.0 Å². The minimum absolute atomic E-state index is 0.0636. The summed E-state index contributed by atoms with van der Waals surface area (Å²) in [6.07, 6.45) is 0.562. The second-order valence-electron chi connectivity index (χ2n) is 7.96. The minimum Gasteiger partial charge on any atom is -0.479 e. The summed E-state index contributed by atoms with van der Waals surface area (Å²) in [5, 5.41) is 5.66. The summed E-state index contributed by atoms with van der Waals surface area (Å²) >= 11 is 0. The van der Waals surface area contributed by atoms with Crippen molar-refractivity contribution in [1.82, 2.24) is 0 Å². The number of amides is 2. The Morgan fingerprint density at radius 2 is 1.85 bits per heavy atom. The standard InChI is InChI=1S/C22H26N2O3/c1-14-21(26)24-18-13-17(10-11-19(18)27-14)23-20(25)12-7-15-5-8-16(9-6-15)22(2,3)4/h5-6,8-11,13-14H,7,12H2,1-4H3,(H,23,25)(H,24,26)/t14-/m1/s1. The molecule has 0 aliphatic carbocycles. The van der Waals surface area contributed by atoms with Crippen LogP contribution in [0.2, 0.25) is 0 Å². The van der Waals surface area contributed by atoms with Crippen molar-refractivity contribution < 1.29 is 14.3 Å². The third-order valence-electron chi connectivity index (χ3n) is 4.65. The Bertz CT molecular complexity index is 851. The molecule has 0 unspecified atom stereocenters. The van der Waals surface area contributed by atoms with Crippen molar-refractivity contribution in [1.29, 1.82) is 0 Å². The van der Waals surface area contributed by atoms with Crippen molar-refractivity contribution in [2.45, 2.75) is 52.1 Å². The lowest BCUT2D eigenvalue weighted by atomic mass is 9.86. The summed E-state index contributed by atoms with van der Waals surface area (Å²) in [5.74, 6) is 0.356. The number of carbonyl (C=O) groups excluding carboxylic acids is 2. The fraction of sp³-hybridized carbons (Fsp3) is 0.364. The molecule has 0 bridgehead atoms. The molecule has 0 aromatic heterocycles. The van der Waals surface area contributed by atoms with Crippen LogP contribution in [0.25, 0.3) is 0 Å². The van der Waals surface area contributed by atoms with Gasteiger partial charge in [0.25, 0.3) is 5.91 Å². The van der Waals surface area contributed by atoms with Crippen LogP contribution in [0.4, 0.5) is 11.4 Å². The first-order chi connectivity index (χ1) is 12.7. The van der Waals surface area contributed by atoms with Gasteiger partial charge in [0.15, 0.2) is 6.10 Å². The molecular weight excluding hydrogens is 340 g/mol. The summed E-state index contributed by atoms with van der Waals surface area (Å²) in [4.78, 5) is 24.0. The molecule has 2 aromatic carbocycles. The van der Waals surface area contributed by atoms with Crippen LogP contribution in [0.3, 0.4) is 0 Å². The van der Waals surface area contributed by atoms with Crippen LogP contribution in [0.15, 0.2) is 42.5 Å². The number of hydrogen-bond acceptors (Lipinski definition) is 3. The largest absolute Gasteiger partial charge is 0.479 e. The van der Waals surface area contributed by atoms with Gasteiger partial charge in [0.1, 0.15) is 5.75 Å². The number of carbonyl (C=O) groups is 2. The first-order valence-corrected chi connectivity index (χ1v) is 9.23. The number of anilines is 2. The molecule has 2 amide bonds. The molecule has 5 nitrogen and oxygen atoms in total. The fourth-order valence-electron chi connectivity index (χ4n) is 2.94. The number of ether oxygens (including phenoxy) is 1. The molecular formula is C22H26N2O3. The zero-order valence-electron chi connectivity index (χ0n) is 16.3. The third kappa shape index (κ3) is 4.67. The molecule has 0 fully saturated rings. The van der Waals surface area contributed by atoms with E-state index in [1.54, 1.807) is 25.1 Å². The quantitative estimate of drug-likeness (QED) is 0.849. The Kier molecular flexibility index (Phi) is 5.22. The van der Waals surface area contributed by atoms with Gasteiger partial charge in [-0.05, 0) is 48.1 Å². The number of hydrogen-bond donors (Lipinski definition) is 2. The molecule has 5 heteroatoms. The Morgan fingerprint density at radius 3 is 2.52 bits per heavy atom. The van der Waals surface area contributed by atoms with Crippen LogP contribution in [0, 0.1) is 0 Å². The van der Waals surface area contributed by atoms with Gasteiger partial charge in [-0.2, -0.15) is 0 Å². The van der Waals surface area contributed by atoms with Crippen LogP contribution in [-0.2, 0) is 21.4 Å². The van der Waals surface area contributed by atoms with E-state index in [9.17, 15) is 9.59 Å². The maximum Gasteiger partial charge on any atom is 0.265 e. The van der Waals surface area contributed by atoms with Gasteiger partial charge in [0.05, 0.1) is 5.69 Å². The van der Waals surface area contributed by atoms with E-state index in [0.717, 1.165) is 5.56 Å². The Balaban J connectivity index is 1.57. The highest BCUT2D eigenvalue weighted by atomic mass is 16.5. The number of rotatable bonds is 4.